The summed E-state index contributed by atoms with van der Waals surface area (Å²) in [5.74, 6) is -0.285. The van der Waals surface area contributed by atoms with Crippen molar-refractivity contribution >= 4 is 35.0 Å². The second-order valence-electron chi connectivity index (χ2n) is 3.39. The molecular weight excluding hydrogens is 286 g/mol. The van der Waals surface area contributed by atoms with E-state index in [2.05, 4.69) is 25.8 Å². The number of thiophene rings is 1. The summed E-state index contributed by atoms with van der Waals surface area (Å²) in [6.45, 7) is 0.409. The molecule has 2 aromatic heterocycles. The quantitative estimate of drug-likeness (QED) is 0.715. The molecule has 19 heavy (non-hydrogen) atoms. The van der Waals surface area contributed by atoms with Crippen molar-refractivity contribution in [1.29, 1.82) is 0 Å². The van der Waals surface area contributed by atoms with Crippen LogP contribution in [0.15, 0.2) is 29.0 Å². The predicted molar refractivity (Wildman–Crippen MR) is 71.8 cm³/mol. The molecule has 2 heterocycles. The van der Waals surface area contributed by atoms with Crippen LogP contribution in [0.5, 0.6) is 0 Å². The minimum atomic E-state index is -0.503. The molecular formula is C10H11N5O2S2. The first-order valence-electron chi connectivity index (χ1n) is 5.32. The lowest BCUT2D eigenvalue weighted by atomic mass is 10.5. The Morgan fingerprint density at radius 1 is 1.47 bits per heavy atom. The van der Waals surface area contributed by atoms with Gasteiger partial charge in [-0.05, 0) is 11.4 Å². The van der Waals surface area contributed by atoms with E-state index in [-0.39, 0.29) is 11.7 Å². The monoisotopic (exact) mass is 297 g/mol. The first-order valence-corrected chi connectivity index (χ1v) is 7.19. The Labute approximate surface area is 117 Å². The van der Waals surface area contributed by atoms with Crippen molar-refractivity contribution < 1.29 is 9.59 Å². The van der Waals surface area contributed by atoms with E-state index in [1.165, 1.54) is 18.1 Å². The van der Waals surface area contributed by atoms with Crippen LogP contribution < -0.4 is 10.6 Å². The Balaban J connectivity index is 1.65. The zero-order valence-corrected chi connectivity index (χ0v) is 11.4. The van der Waals surface area contributed by atoms with Crippen LogP contribution in [-0.2, 0) is 11.3 Å². The molecule has 0 aromatic carbocycles. The molecule has 2 rings (SSSR count). The second kappa shape index (κ2) is 6.90. The second-order valence-corrected chi connectivity index (χ2v) is 5.39. The summed E-state index contributed by atoms with van der Waals surface area (Å²) < 4.78 is 0. The van der Waals surface area contributed by atoms with Gasteiger partial charge in [-0.2, -0.15) is 5.10 Å². The normalized spacial score (nSPS) is 10.1. The van der Waals surface area contributed by atoms with E-state index >= 15 is 0 Å². The Morgan fingerprint density at radius 2 is 2.37 bits per heavy atom. The summed E-state index contributed by atoms with van der Waals surface area (Å²) in [6, 6.07) is 3.31. The van der Waals surface area contributed by atoms with Crippen molar-refractivity contribution in [1.82, 2.24) is 25.8 Å². The van der Waals surface area contributed by atoms with Gasteiger partial charge in [0, 0.05) is 4.88 Å². The molecule has 0 aliphatic heterocycles. The molecule has 0 fully saturated rings. The topological polar surface area (TPSA) is 99.8 Å². The number of rotatable bonds is 5. The van der Waals surface area contributed by atoms with Crippen LogP contribution >= 0.6 is 23.1 Å². The summed E-state index contributed by atoms with van der Waals surface area (Å²) in [5, 5.41) is 13.6. The third-order valence-electron chi connectivity index (χ3n) is 1.99. The van der Waals surface area contributed by atoms with E-state index in [0.717, 1.165) is 4.88 Å². The highest BCUT2D eigenvalue weighted by atomic mass is 32.2. The minimum absolute atomic E-state index is 0.0988. The number of imide groups is 1. The van der Waals surface area contributed by atoms with Gasteiger partial charge < -0.3 is 5.32 Å². The van der Waals surface area contributed by atoms with Crippen molar-refractivity contribution in [2.45, 2.75) is 11.7 Å². The highest BCUT2D eigenvalue weighted by Crippen LogP contribution is 2.09. The van der Waals surface area contributed by atoms with Gasteiger partial charge in [-0.3, -0.25) is 15.2 Å². The molecule has 0 unspecified atom stereocenters. The third kappa shape index (κ3) is 4.72. The van der Waals surface area contributed by atoms with Gasteiger partial charge in [-0.15, -0.1) is 11.3 Å². The number of hydrogen-bond acceptors (Lipinski definition) is 6. The average Bonchev–Trinajstić information content (AvgIpc) is 3.07. The molecule has 3 N–H and O–H groups in total. The lowest BCUT2D eigenvalue weighted by Crippen LogP contribution is -2.39. The zero-order valence-electron chi connectivity index (χ0n) is 9.75. The van der Waals surface area contributed by atoms with Gasteiger partial charge in [0.25, 0.3) is 0 Å². The molecule has 3 amide bonds. The number of H-pyrrole nitrogens is 1. The number of thioether (sulfide) groups is 1. The summed E-state index contributed by atoms with van der Waals surface area (Å²) in [6.07, 6.45) is 1.36. The number of nitrogens with one attached hydrogen (secondary N) is 3. The highest BCUT2D eigenvalue weighted by Gasteiger charge is 2.09. The van der Waals surface area contributed by atoms with Gasteiger partial charge in [-0.25, -0.2) is 9.78 Å². The van der Waals surface area contributed by atoms with Crippen LogP contribution in [0.2, 0.25) is 0 Å². The molecule has 0 saturated carbocycles. The smallest absolute Gasteiger partial charge is 0.321 e. The molecule has 7 nitrogen and oxygen atoms in total. The van der Waals surface area contributed by atoms with Crippen LogP contribution in [0.3, 0.4) is 0 Å². The van der Waals surface area contributed by atoms with Gasteiger partial charge in [0.05, 0.1) is 12.3 Å². The number of hydrogen-bond donors (Lipinski definition) is 3. The standard InChI is InChI=1S/C10H11N5O2S2/c16-8(5-19-10-12-6-13-15-10)14-9(17)11-4-7-2-1-3-18-7/h1-3,6H,4-5H2,(H,12,13,15)(H2,11,14,16,17). The molecule has 9 heteroatoms. The van der Waals surface area contributed by atoms with Crippen LogP contribution in [0, 0.1) is 0 Å². The van der Waals surface area contributed by atoms with Crippen LogP contribution in [0.1, 0.15) is 4.88 Å². The van der Waals surface area contributed by atoms with Gasteiger partial charge in [-0.1, -0.05) is 17.8 Å². The van der Waals surface area contributed by atoms with Gasteiger partial charge >= 0.3 is 6.03 Å². The number of carbonyl (C=O) groups is 2. The van der Waals surface area contributed by atoms with E-state index in [9.17, 15) is 9.59 Å². The van der Waals surface area contributed by atoms with E-state index in [1.807, 2.05) is 17.5 Å². The maximum absolute atomic E-state index is 11.5. The molecule has 0 aliphatic carbocycles. The van der Waals surface area contributed by atoms with E-state index in [1.54, 1.807) is 11.3 Å². The van der Waals surface area contributed by atoms with Crippen molar-refractivity contribution in [3.63, 3.8) is 0 Å². The van der Waals surface area contributed by atoms with Crippen molar-refractivity contribution in [3.05, 3.63) is 28.7 Å². The molecule has 2 aromatic rings. The largest absolute Gasteiger partial charge is 0.333 e. The van der Waals surface area contributed by atoms with Gasteiger partial charge in [0.2, 0.25) is 5.91 Å². The average molecular weight is 297 g/mol. The highest BCUT2D eigenvalue weighted by molar-refractivity contribution is 7.99. The SMILES string of the molecule is O=C(CSc1ncn[nH]1)NC(=O)NCc1cccs1. The number of nitrogens with zero attached hydrogens (tertiary/aromatic N) is 2. The van der Waals surface area contributed by atoms with Crippen molar-refractivity contribution in [2.75, 3.05) is 5.75 Å². The molecule has 0 saturated heterocycles. The first-order chi connectivity index (χ1) is 9.24. The van der Waals surface area contributed by atoms with Gasteiger partial charge in [0.15, 0.2) is 5.16 Å². The summed E-state index contributed by atoms with van der Waals surface area (Å²) in [5.41, 5.74) is 0. The van der Waals surface area contributed by atoms with Crippen LogP contribution in [0.25, 0.3) is 0 Å². The molecule has 0 bridgehead atoms. The van der Waals surface area contributed by atoms with Crippen LogP contribution in [0.4, 0.5) is 4.79 Å². The third-order valence-corrected chi connectivity index (χ3v) is 3.74. The Morgan fingerprint density at radius 3 is 3.05 bits per heavy atom. The Hall–Kier alpha value is -1.87. The maximum atomic E-state index is 11.5. The Kier molecular flexibility index (Phi) is 4.93. The molecule has 0 atom stereocenters. The summed E-state index contributed by atoms with van der Waals surface area (Å²) >= 11 is 2.72. The fourth-order valence-corrected chi connectivity index (χ4v) is 2.41. The predicted octanol–water partition coefficient (Wildman–Crippen LogP) is 0.984. The lowest BCUT2D eigenvalue weighted by molar-refractivity contribution is -0.117. The maximum Gasteiger partial charge on any atom is 0.321 e. The van der Waals surface area contributed by atoms with E-state index < -0.39 is 6.03 Å². The fourth-order valence-electron chi connectivity index (χ4n) is 1.19. The first kappa shape index (κ1) is 13.6. The minimum Gasteiger partial charge on any atom is -0.333 e. The molecule has 0 spiro atoms. The van der Waals surface area contributed by atoms with Crippen molar-refractivity contribution in [2.24, 2.45) is 0 Å². The number of urea groups is 1. The zero-order chi connectivity index (χ0) is 13.5. The van der Waals surface area contributed by atoms with Crippen molar-refractivity contribution in [3.8, 4) is 0 Å². The van der Waals surface area contributed by atoms with E-state index in [0.29, 0.717) is 11.7 Å². The number of carbonyl (C=O) groups excluding carboxylic acids is 2. The number of aromatic nitrogens is 3. The fraction of sp³-hybridized carbons (Fsp3) is 0.200. The Bertz CT molecular complexity index is 478. The summed E-state index contributed by atoms with van der Waals surface area (Å²) in [7, 11) is 0. The number of amides is 3. The van der Waals surface area contributed by atoms with Crippen LogP contribution in [-0.4, -0.2) is 32.9 Å². The molecule has 0 radical (unpaired) electrons. The van der Waals surface area contributed by atoms with Gasteiger partial charge in [0.1, 0.15) is 6.33 Å². The summed E-state index contributed by atoms with van der Waals surface area (Å²) in [4.78, 5) is 27.8. The molecule has 0 aliphatic rings. The van der Waals surface area contributed by atoms with E-state index in [4.69, 9.17) is 0 Å². The number of aromatic amines is 1. The molecule has 100 valence electrons. The lowest BCUT2D eigenvalue weighted by Gasteiger charge is -2.04.